The Morgan fingerprint density at radius 1 is 1.50 bits per heavy atom. The number of nitrogens with one attached hydrogen (secondary N) is 1. The van der Waals surface area contributed by atoms with E-state index in [0.717, 1.165) is 11.3 Å². The molecule has 0 saturated carbocycles. The molecule has 0 aliphatic heterocycles. The van der Waals surface area contributed by atoms with Gasteiger partial charge in [-0.1, -0.05) is 17.7 Å². The third kappa shape index (κ3) is 2.11. The summed E-state index contributed by atoms with van der Waals surface area (Å²) in [5.74, 6) is 0. The Labute approximate surface area is 76.5 Å². The molecule has 0 aromatic heterocycles. The monoisotopic (exact) mass is 187 g/mol. The molecule has 1 rings (SSSR count). The zero-order valence-corrected chi connectivity index (χ0v) is 7.66. The summed E-state index contributed by atoms with van der Waals surface area (Å²) >= 11 is 5.86. The molecule has 3 heteroatoms. The van der Waals surface area contributed by atoms with E-state index in [0.29, 0.717) is 11.6 Å². The van der Waals surface area contributed by atoms with Gasteiger partial charge in [0.15, 0.2) is 0 Å². The second kappa shape index (κ2) is 4.31. The van der Waals surface area contributed by atoms with Gasteiger partial charge in [-0.3, -0.25) is 0 Å². The van der Waals surface area contributed by atoms with Crippen LogP contribution in [0.5, 0.6) is 0 Å². The summed E-state index contributed by atoms with van der Waals surface area (Å²) in [7, 11) is 0. The predicted octanol–water partition coefficient (Wildman–Crippen LogP) is 3.03. The minimum absolute atomic E-state index is 0.335. The molecule has 12 heavy (non-hydrogen) atoms. The molecule has 0 aliphatic carbocycles. The van der Waals surface area contributed by atoms with E-state index < -0.39 is 0 Å². The maximum absolute atomic E-state index is 11.8. The van der Waals surface area contributed by atoms with Crippen LogP contribution in [0.3, 0.4) is 0 Å². The van der Waals surface area contributed by atoms with E-state index in [4.69, 9.17) is 11.6 Å². The average molecular weight is 188 g/mol. The van der Waals surface area contributed by atoms with Gasteiger partial charge in [0.2, 0.25) is 0 Å². The normalized spacial score (nSPS) is 9.92. The Morgan fingerprint density at radius 2 is 2.25 bits per heavy atom. The van der Waals surface area contributed by atoms with E-state index in [1.165, 1.54) is 0 Å². The van der Waals surface area contributed by atoms with Crippen LogP contribution in [-0.4, -0.2) is 13.2 Å². The Hall–Kier alpha value is -0.760. The molecule has 0 heterocycles. The minimum Gasteiger partial charge on any atom is -0.382 e. The second-order valence-corrected chi connectivity index (χ2v) is 2.94. The standard InChI is InChI=1S/C9H11ClFN/c1-7-8(10)3-2-4-9(7)12-6-5-11/h2-4,12H,5-6H2,1H3. The fourth-order valence-electron chi connectivity index (χ4n) is 0.981. The molecular formula is C9H11ClFN. The lowest BCUT2D eigenvalue weighted by Gasteiger charge is -2.08. The molecule has 0 bridgehead atoms. The highest BCUT2D eigenvalue weighted by Crippen LogP contribution is 2.22. The molecule has 1 nitrogen and oxygen atoms in total. The number of alkyl halides is 1. The van der Waals surface area contributed by atoms with Crippen molar-refractivity contribution >= 4 is 17.3 Å². The molecule has 66 valence electrons. The van der Waals surface area contributed by atoms with Crippen LogP contribution in [0.25, 0.3) is 0 Å². The molecule has 0 saturated heterocycles. The third-order valence-corrected chi connectivity index (χ3v) is 2.09. The molecule has 1 N–H and O–H groups in total. The second-order valence-electron chi connectivity index (χ2n) is 2.53. The topological polar surface area (TPSA) is 12.0 Å². The van der Waals surface area contributed by atoms with Crippen molar-refractivity contribution in [2.75, 3.05) is 18.5 Å². The van der Waals surface area contributed by atoms with Gasteiger partial charge in [-0.05, 0) is 24.6 Å². The fraction of sp³-hybridized carbons (Fsp3) is 0.333. The minimum atomic E-state index is -0.369. The van der Waals surface area contributed by atoms with Crippen molar-refractivity contribution in [3.8, 4) is 0 Å². The number of rotatable bonds is 3. The van der Waals surface area contributed by atoms with Crippen LogP contribution in [0.15, 0.2) is 18.2 Å². The summed E-state index contributed by atoms with van der Waals surface area (Å²) in [5.41, 5.74) is 1.87. The van der Waals surface area contributed by atoms with Gasteiger partial charge in [0.05, 0.1) is 0 Å². The number of anilines is 1. The molecule has 0 aliphatic rings. The summed E-state index contributed by atoms with van der Waals surface area (Å²) in [6, 6.07) is 5.55. The lowest BCUT2D eigenvalue weighted by atomic mass is 10.2. The van der Waals surface area contributed by atoms with E-state index in [1.54, 1.807) is 0 Å². The highest BCUT2D eigenvalue weighted by molar-refractivity contribution is 6.31. The maximum Gasteiger partial charge on any atom is 0.107 e. The smallest absolute Gasteiger partial charge is 0.107 e. The van der Waals surface area contributed by atoms with Crippen LogP contribution in [0, 0.1) is 6.92 Å². The van der Waals surface area contributed by atoms with Gasteiger partial charge < -0.3 is 5.32 Å². The Bertz CT molecular complexity index is 263. The SMILES string of the molecule is Cc1c(Cl)cccc1NCCF. The average Bonchev–Trinajstić information content (AvgIpc) is 2.08. The van der Waals surface area contributed by atoms with Gasteiger partial charge in [0, 0.05) is 17.3 Å². The van der Waals surface area contributed by atoms with Crippen molar-refractivity contribution in [1.82, 2.24) is 0 Å². The Morgan fingerprint density at radius 3 is 2.92 bits per heavy atom. The van der Waals surface area contributed by atoms with Crippen LogP contribution in [0.1, 0.15) is 5.56 Å². The van der Waals surface area contributed by atoms with E-state index in [1.807, 2.05) is 25.1 Å². The third-order valence-electron chi connectivity index (χ3n) is 1.68. The molecule has 0 unspecified atom stereocenters. The van der Waals surface area contributed by atoms with Gasteiger partial charge >= 0.3 is 0 Å². The fourth-order valence-corrected chi connectivity index (χ4v) is 1.16. The number of hydrogen-bond donors (Lipinski definition) is 1. The zero-order valence-electron chi connectivity index (χ0n) is 6.90. The first-order valence-electron chi connectivity index (χ1n) is 3.80. The molecule has 1 aromatic rings. The van der Waals surface area contributed by atoms with E-state index in [2.05, 4.69) is 5.32 Å². The van der Waals surface area contributed by atoms with Gasteiger partial charge in [0.1, 0.15) is 6.67 Å². The maximum atomic E-state index is 11.8. The summed E-state index contributed by atoms with van der Waals surface area (Å²) in [5, 5.41) is 3.65. The first-order valence-corrected chi connectivity index (χ1v) is 4.18. The van der Waals surface area contributed by atoms with Crippen molar-refractivity contribution in [3.63, 3.8) is 0 Å². The zero-order chi connectivity index (χ0) is 8.97. The quantitative estimate of drug-likeness (QED) is 0.767. The van der Waals surface area contributed by atoms with Crippen molar-refractivity contribution in [3.05, 3.63) is 28.8 Å². The number of hydrogen-bond acceptors (Lipinski definition) is 1. The molecule has 0 fully saturated rings. The lowest BCUT2D eigenvalue weighted by molar-refractivity contribution is 0.512. The van der Waals surface area contributed by atoms with E-state index in [9.17, 15) is 4.39 Å². The van der Waals surface area contributed by atoms with Gasteiger partial charge in [-0.2, -0.15) is 0 Å². The highest BCUT2D eigenvalue weighted by atomic mass is 35.5. The lowest BCUT2D eigenvalue weighted by Crippen LogP contribution is -2.04. The van der Waals surface area contributed by atoms with Crippen LogP contribution < -0.4 is 5.32 Å². The summed E-state index contributed by atoms with van der Waals surface area (Å²) < 4.78 is 11.8. The molecule has 0 amide bonds. The molecule has 0 spiro atoms. The van der Waals surface area contributed by atoms with Crippen molar-refractivity contribution in [2.24, 2.45) is 0 Å². The number of benzene rings is 1. The summed E-state index contributed by atoms with van der Waals surface area (Å²) in [6.45, 7) is 1.87. The van der Waals surface area contributed by atoms with Crippen molar-refractivity contribution in [1.29, 1.82) is 0 Å². The molecular weight excluding hydrogens is 177 g/mol. The van der Waals surface area contributed by atoms with Crippen LogP contribution in [0.4, 0.5) is 10.1 Å². The molecule has 1 aromatic carbocycles. The number of halogens is 2. The Kier molecular flexibility index (Phi) is 3.35. The van der Waals surface area contributed by atoms with Gasteiger partial charge in [-0.15, -0.1) is 0 Å². The largest absolute Gasteiger partial charge is 0.382 e. The van der Waals surface area contributed by atoms with Gasteiger partial charge in [0.25, 0.3) is 0 Å². The highest BCUT2D eigenvalue weighted by Gasteiger charge is 1.99. The van der Waals surface area contributed by atoms with Crippen LogP contribution in [-0.2, 0) is 0 Å². The first kappa shape index (κ1) is 9.33. The van der Waals surface area contributed by atoms with Gasteiger partial charge in [-0.25, -0.2) is 4.39 Å². The summed E-state index contributed by atoms with van der Waals surface area (Å²) in [4.78, 5) is 0. The van der Waals surface area contributed by atoms with E-state index >= 15 is 0 Å². The van der Waals surface area contributed by atoms with Crippen molar-refractivity contribution < 1.29 is 4.39 Å². The first-order chi connectivity index (χ1) is 5.75. The Balaban J connectivity index is 2.78. The van der Waals surface area contributed by atoms with Crippen molar-refractivity contribution in [2.45, 2.75) is 6.92 Å². The summed E-state index contributed by atoms with van der Waals surface area (Å²) in [6.07, 6.45) is 0. The van der Waals surface area contributed by atoms with Crippen LogP contribution in [0.2, 0.25) is 5.02 Å². The molecule has 0 atom stereocenters. The van der Waals surface area contributed by atoms with Crippen LogP contribution >= 0.6 is 11.6 Å². The van der Waals surface area contributed by atoms with E-state index in [-0.39, 0.29) is 6.67 Å². The molecule has 0 radical (unpaired) electrons. The predicted molar refractivity (Wildman–Crippen MR) is 50.7 cm³/mol.